The van der Waals surface area contributed by atoms with Crippen molar-refractivity contribution in [2.75, 3.05) is 18.2 Å². The zero-order chi connectivity index (χ0) is 21.8. The first-order valence-electron chi connectivity index (χ1n) is 9.57. The molecule has 0 atom stereocenters. The van der Waals surface area contributed by atoms with Crippen molar-refractivity contribution in [1.82, 2.24) is 19.7 Å². The predicted octanol–water partition coefficient (Wildman–Crippen LogP) is 4.79. The van der Waals surface area contributed by atoms with Gasteiger partial charge in [-0.25, -0.2) is 4.98 Å². The van der Waals surface area contributed by atoms with E-state index < -0.39 is 0 Å². The highest BCUT2D eigenvalue weighted by molar-refractivity contribution is 7.99. The van der Waals surface area contributed by atoms with E-state index in [4.69, 9.17) is 4.74 Å². The van der Waals surface area contributed by atoms with E-state index in [-0.39, 0.29) is 11.7 Å². The minimum atomic E-state index is -0.145. The largest absolute Gasteiger partial charge is 0.496 e. The van der Waals surface area contributed by atoms with Crippen LogP contribution in [0.15, 0.2) is 60.3 Å². The molecule has 0 fully saturated rings. The number of anilines is 1. The minimum Gasteiger partial charge on any atom is -0.496 e. The summed E-state index contributed by atoms with van der Waals surface area (Å²) in [4.78, 5) is 17.1. The Labute approximate surface area is 188 Å². The van der Waals surface area contributed by atoms with E-state index in [0.29, 0.717) is 28.4 Å². The van der Waals surface area contributed by atoms with Crippen molar-refractivity contribution in [3.8, 4) is 17.1 Å². The number of carbonyl (C=O) groups excluding carboxylic acids is 1. The van der Waals surface area contributed by atoms with Crippen LogP contribution in [0.25, 0.3) is 21.6 Å². The van der Waals surface area contributed by atoms with Crippen molar-refractivity contribution in [3.63, 3.8) is 0 Å². The Kier molecular flexibility index (Phi) is 6.34. The molecule has 158 valence electrons. The quantitative estimate of drug-likeness (QED) is 0.306. The van der Waals surface area contributed by atoms with Crippen LogP contribution in [-0.4, -0.2) is 38.5 Å². The Bertz CT molecular complexity index is 1250. The van der Waals surface area contributed by atoms with Gasteiger partial charge in [0.05, 0.1) is 28.6 Å². The van der Waals surface area contributed by atoms with Gasteiger partial charge in [0, 0.05) is 6.54 Å². The lowest BCUT2D eigenvalue weighted by Gasteiger charge is -2.10. The SMILES string of the molecule is C=CCn1c(SCC(=O)Nc2nc3c(C)cccc3s2)nnc1-c1ccccc1OC. The van der Waals surface area contributed by atoms with Crippen molar-refractivity contribution in [1.29, 1.82) is 0 Å². The third-order valence-electron chi connectivity index (χ3n) is 4.58. The van der Waals surface area contributed by atoms with Crippen LogP contribution in [-0.2, 0) is 11.3 Å². The topological polar surface area (TPSA) is 81.9 Å². The second kappa shape index (κ2) is 9.32. The molecule has 0 saturated carbocycles. The van der Waals surface area contributed by atoms with Gasteiger partial charge in [0.1, 0.15) is 5.75 Å². The van der Waals surface area contributed by atoms with Gasteiger partial charge >= 0.3 is 0 Å². The molecule has 0 aliphatic heterocycles. The van der Waals surface area contributed by atoms with Gasteiger partial charge in [0.25, 0.3) is 0 Å². The van der Waals surface area contributed by atoms with Crippen LogP contribution in [0.1, 0.15) is 5.56 Å². The summed E-state index contributed by atoms with van der Waals surface area (Å²) in [6.45, 7) is 6.35. The fourth-order valence-corrected chi connectivity index (χ4v) is 4.85. The number of carbonyl (C=O) groups is 1. The van der Waals surface area contributed by atoms with Crippen molar-refractivity contribution in [2.45, 2.75) is 18.6 Å². The van der Waals surface area contributed by atoms with Crippen LogP contribution in [0.2, 0.25) is 0 Å². The number of fused-ring (bicyclic) bond motifs is 1. The molecular weight excluding hydrogens is 430 g/mol. The Hall–Kier alpha value is -3.17. The number of para-hydroxylation sites is 2. The molecule has 31 heavy (non-hydrogen) atoms. The minimum absolute atomic E-state index is 0.145. The number of nitrogens with zero attached hydrogens (tertiary/aromatic N) is 4. The maximum absolute atomic E-state index is 12.5. The number of hydrogen-bond acceptors (Lipinski definition) is 7. The van der Waals surface area contributed by atoms with Crippen LogP contribution >= 0.6 is 23.1 Å². The van der Waals surface area contributed by atoms with E-state index >= 15 is 0 Å². The predicted molar refractivity (Wildman–Crippen MR) is 126 cm³/mol. The van der Waals surface area contributed by atoms with Crippen LogP contribution in [0.5, 0.6) is 5.75 Å². The van der Waals surface area contributed by atoms with E-state index in [1.807, 2.05) is 54.0 Å². The van der Waals surface area contributed by atoms with Crippen LogP contribution in [0.3, 0.4) is 0 Å². The number of benzene rings is 2. The summed E-state index contributed by atoms with van der Waals surface area (Å²) in [5.74, 6) is 1.42. The third kappa shape index (κ3) is 4.47. The van der Waals surface area contributed by atoms with E-state index in [1.165, 1.54) is 23.1 Å². The maximum atomic E-state index is 12.5. The lowest BCUT2D eigenvalue weighted by Crippen LogP contribution is -2.14. The van der Waals surface area contributed by atoms with Crippen molar-refractivity contribution < 1.29 is 9.53 Å². The third-order valence-corrected chi connectivity index (χ3v) is 6.48. The number of allylic oxidation sites excluding steroid dienone is 1. The van der Waals surface area contributed by atoms with Crippen molar-refractivity contribution in [3.05, 3.63) is 60.7 Å². The second-order valence-electron chi connectivity index (χ2n) is 6.68. The molecule has 0 radical (unpaired) electrons. The van der Waals surface area contributed by atoms with Gasteiger partial charge in [0.15, 0.2) is 16.1 Å². The number of thiazole rings is 1. The van der Waals surface area contributed by atoms with E-state index in [0.717, 1.165) is 21.3 Å². The summed E-state index contributed by atoms with van der Waals surface area (Å²) < 4.78 is 8.43. The second-order valence-corrected chi connectivity index (χ2v) is 8.66. The van der Waals surface area contributed by atoms with E-state index in [1.54, 1.807) is 13.2 Å². The highest BCUT2D eigenvalue weighted by Gasteiger charge is 2.18. The summed E-state index contributed by atoms with van der Waals surface area (Å²) in [6, 6.07) is 13.6. The zero-order valence-electron chi connectivity index (χ0n) is 17.2. The molecule has 0 spiro atoms. The summed E-state index contributed by atoms with van der Waals surface area (Å²) >= 11 is 2.78. The Morgan fingerprint density at radius 2 is 2.10 bits per heavy atom. The number of hydrogen-bond donors (Lipinski definition) is 1. The summed E-state index contributed by atoms with van der Waals surface area (Å²) in [5.41, 5.74) is 2.84. The lowest BCUT2D eigenvalue weighted by molar-refractivity contribution is -0.113. The first kappa shape index (κ1) is 21.1. The normalized spacial score (nSPS) is 10.9. The fraction of sp³-hybridized carbons (Fsp3) is 0.182. The van der Waals surface area contributed by atoms with E-state index in [2.05, 4.69) is 27.1 Å². The first-order chi connectivity index (χ1) is 15.1. The molecule has 1 N–H and O–H groups in total. The summed E-state index contributed by atoms with van der Waals surface area (Å²) in [6.07, 6.45) is 1.77. The molecule has 7 nitrogen and oxygen atoms in total. The van der Waals surface area contributed by atoms with E-state index in [9.17, 15) is 4.79 Å². The van der Waals surface area contributed by atoms with Crippen LogP contribution in [0, 0.1) is 6.92 Å². The number of aromatic nitrogens is 4. The van der Waals surface area contributed by atoms with Gasteiger partial charge in [-0.05, 0) is 30.7 Å². The number of nitrogens with one attached hydrogen (secondary N) is 1. The van der Waals surface area contributed by atoms with Gasteiger partial charge in [-0.1, -0.05) is 53.4 Å². The summed E-state index contributed by atoms with van der Waals surface area (Å²) in [5, 5.41) is 12.7. The molecule has 0 saturated heterocycles. The highest BCUT2D eigenvalue weighted by Crippen LogP contribution is 2.31. The number of thioether (sulfide) groups is 1. The standard InChI is InChI=1S/C22H21N5O2S2/c1-4-12-27-20(15-9-5-6-10-16(15)29-3)25-26-22(27)30-13-18(28)23-21-24-19-14(2)8-7-11-17(19)31-21/h4-11H,1,12-13H2,2-3H3,(H,23,24,28). The summed E-state index contributed by atoms with van der Waals surface area (Å²) in [7, 11) is 1.62. The highest BCUT2D eigenvalue weighted by atomic mass is 32.2. The molecule has 4 aromatic rings. The zero-order valence-corrected chi connectivity index (χ0v) is 18.8. The lowest BCUT2D eigenvalue weighted by atomic mass is 10.2. The number of methoxy groups -OCH3 is 1. The monoisotopic (exact) mass is 451 g/mol. The molecule has 9 heteroatoms. The van der Waals surface area contributed by atoms with Gasteiger partial charge in [-0.2, -0.15) is 0 Å². The van der Waals surface area contributed by atoms with Gasteiger partial charge < -0.3 is 10.1 Å². The number of amides is 1. The van der Waals surface area contributed by atoms with Gasteiger partial charge in [0.2, 0.25) is 5.91 Å². The van der Waals surface area contributed by atoms with Crippen LogP contribution in [0.4, 0.5) is 5.13 Å². The fourth-order valence-electron chi connectivity index (χ4n) is 3.14. The number of rotatable bonds is 8. The molecular formula is C22H21N5O2S2. The molecule has 2 heterocycles. The van der Waals surface area contributed by atoms with Crippen molar-refractivity contribution >= 4 is 44.4 Å². The Balaban J connectivity index is 1.50. The van der Waals surface area contributed by atoms with Gasteiger partial charge in [-0.3, -0.25) is 9.36 Å². The molecule has 0 aliphatic rings. The maximum Gasteiger partial charge on any atom is 0.236 e. The molecule has 2 aromatic heterocycles. The average molecular weight is 452 g/mol. The molecule has 0 aliphatic carbocycles. The molecule has 1 amide bonds. The first-order valence-corrected chi connectivity index (χ1v) is 11.4. The average Bonchev–Trinajstić information content (AvgIpc) is 3.37. The van der Waals surface area contributed by atoms with Gasteiger partial charge in [-0.15, -0.1) is 16.8 Å². The Morgan fingerprint density at radius 1 is 1.26 bits per heavy atom. The van der Waals surface area contributed by atoms with Crippen LogP contribution < -0.4 is 10.1 Å². The number of aryl methyl sites for hydroxylation is 1. The molecule has 0 unspecified atom stereocenters. The smallest absolute Gasteiger partial charge is 0.236 e. The Morgan fingerprint density at radius 3 is 2.87 bits per heavy atom. The number of ether oxygens (including phenoxy) is 1. The molecule has 2 aromatic carbocycles. The molecule has 0 bridgehead atoms. The molecule has 4 rings (SSSR count). The van der Waals surface area contributed by atoms with Crippen molar-refractivity contribution in [2.24, 2.45) is 0 Å².